The van der Waals surface area contributed by atoms with Gasteiger partial charge in [-0.25, -0.2) is 8.42 Å². The van der Waals surface area contributed by atoms with E-state index >= 15 is 0 Å². The number of anilines is 2. The molecular formula is C19H18N2O5S2. The predicted molar refractivity (Wildman–Crippen MR) is 109 cm³/mol. The average Bonchev–Trinajstić information content (AvgIpc) is 3.24. The van der Waals surface area contributed by atoms with Gasteiger partial charge in [-0.05, 0) is 35.7 Å². The SMILES string of the molecule is COc1ccc(NC(=O)c2ccccc2NS(=O)(=O)c2cccs2)c(OC)c1. The van der Waals surface area contributed by atoms with Gasteiger partial charge in [0.1, 0.15) is 15.7 Å². The van der Waals surface area contributed by atoms with Crippen LogP contribution in [-0.4, -0.2) is 28.5 Å². The standard InChI is InChI=1S/C19H18N2O5S2/c1-25-13-9-10-16(17(12-13)26-2)20-19(22)14-6-3-4-7-15(14)21-28(23,24)18-8-5-11-27-18/h3-12,21H,1-2H3,(H,20,22). The van der Waals surface area contributed by atoms with E-state index < -0.39 is 15.9 Å². The summed E-state index contributed by atoms with van der Waals surface area (Å²) in [6, 6.07) is 14.5. The quantitative estimate of drug-likeness (QED) is 0.608. The van der Waals surface area contributed by atoms with Crippen molar-refractivity contribution in [3.8, 4) is 11.5 Å². The van der Waals surface area contributed by atoms with Crippen LogP contribution in [0.3, 0.4) is 0 Å². The summed E-state index contributed by atoms with van der Waals surface area (Å²) in [6.07, 6.45) is 0. The molecule has 0 fully saturated rings. The van der Waals surface area contributed by atoms with Crippen molar-refractivity contribution in [1.82, 2.24) is 0 Å². The number of hydrogen-bond donors (Lipinski definition) is 2. The molecule has 0 aliphatic heterocycles. The van der Waals surface area contributed by atoms with Gasteiger partial charge in [0, 0.05) is 6.07 Å². The van der Waals surface area contributed by atoms with Crippen LogP contribution < -0.4 is 19.5 Å². The number of amides is 1. The van der Waals surface area contributed by atoms with Crippen LogP contribution >= 0.6 is 11.3 Å². The van der Waals surface area contributed by atoms with Gasteiger partial charge in [-0.3, -0.25) is 9.52 Å². The Morgan fingerprint density at radius 2 is 1.75 bits per heavy atom. The van der Waals surface area contributed by atoms with E-state index in [1.807, 2.05) is 0 Å². The molecule has 0 spiro atoms. The van der Waals surface area contributed by atoms with Crippen molar-refractivity contribution in [2.45, 2.75) is 4.21 Å². The van der Waals surface area contributed by atoms with Crippen LogP contribution in [0.25, 0.3) is 0 Å². The van der Waals surface area contributed by atoms with Crippen LogP contribution in [0.1, 0.15) is 10.4 Å². The Kier molecular flexibility index (Phi) is 5.86. The first-order valence-corrected chi connectivity index (χ1v) is 10.5. The van der Waals surface area contributed by atoms with E-state index in [-0.39, 0.29) is 15.5 Å². The van der Waals surface area contributed by atoms with E-state index in [9.17, 15) is 13.2 Å². The van der Waals surface area contributed by atoms with Gasteiger partial charge < -0.3 is 14.8 Å². The molecule has 2 N–H and O–H groups in total. The highest BCUT2D eigenvalue weighted by atomic mass is 32.2. The highest BCUT2D eigenvalue weighted by Crippen LogP contribution is 2.30. The molecule has 1 aromatic heterocycles. The third kappa shape index (κ3) is 4.26. The molecule has 0 bridgehead atoms. The first-order valence-electron chi connectivity index (χ1n) is 8.13. The normalized spacial score (nSPS) is 10.9. The van der Waals surface area contributed by atoms with Crippen LogP contribution in [-0.2, 0) is 10.0 Å². The van der Waals surface area contributed by atoms with Crippen molar-refractivity contribution >= 4 is 38.6 Å². The lowest BCUT2D eigenvalue weighted by Gasteiger charge is -2.14. The van der Waals surface area contributed by atoms with E-state index in [1.165, 1.54) is 32.4 Å². The van der Waals surface area contributed by atoms with Crippen LogP contribution in [0.2, 0.25) is 0 Å². The number of nitrogens with one attached hydrogen (secondary N) is 2. The minimum atomic E-state index is -3.77. The molecule has 0 unspecified atom stereocenters. The lowest BCUT2D eigenvalue weighted by molar-refractivity contribution is 0.102. The molecule has 0 aliphatic rings. The fourth-order valence-electron chi connectivity index (χ4n) is 2.47. The number of methoxy groups -OCH3 is 2. The Hall–Kier alpha value is -3.04. The molecule has 1 amide bonds. The molecule has 1 heterocycles. The highest BCUT2D eigenvalue weighted by molar-refractivity contribution is 7.94. The lowest BCUT2D eigenvalue weighted by Crippen LogP contribution is -2.18. The monoisotopic (exact) mass is 418 g/mol. The Balaban J connectivity index is 1.88. The number of sulfonamides is 1. The van der Waals surface area contributed by atoms with E-state index in [2.05, 4.69) is 10.0 Å². The average molecular weight is 418 g/mol. The zero-order chi connectivity index (χ0) is 20.1. The van der Waals surface area contributed by atoms with Gasteiger partial charge in [0.25, 0.3) is 15.9 Å². The third-order valence-corrected chi connectivity index (χ3v) is 6.60. The molecule has 0 aliphatic carbocycles. The van der Waals surface area contributed by atoms with Gasteiger partial charge in [-0.2, -0.15) is 0 Å². The molecule has 146 valence electrons. The Bertz CT molecular complexity index is 1080. The van der Waals surface area contributed by atoms with Gasteiger partial charge in [0.2, 0.25) is 0 Å². The van der Waals surface area contributed by atoms with E-state index in [0.717, 1.165) is 11.3 Å². The maximum Gasteiger partial charge on any atom is 0.271 e. The first kappa shape index (κ1) is 19.7. The fraction of sp³-hybridized carbons (Fsp3) is 0.105. The second-order valence-corrected chi connectivity index (χ2v) is 8.46. The number of benzene rings is 2. The zero-order valence-corrected chi connectivity index (χ0v) is 16.8. The minimum absolute atomic E-state index is 0.166. The Morgan fingerprint density at radius 3 is 2.43 bits per heavy atom. The number of thiophene rings is 1. The molecule has 0 atom stereocenters. The van der Waals surface area contributed by atoms with Gasteiger partial charge >= 0.3 is 0 Å². The van der Waals surface area contributed by atoms with Crippen molar-refractivity contribution in [2.24, 2.45) is 0 Å². The number of carbonyl (C=O) groups is 1. The van der Waals surface area contributed by atoms with Crippen LogP contribution in [0.4, 0.5) is 11.4 Å². The topological polar surface area (TPSA) is 93.7 Å². The maximum atomic E-state index is 12.8. The van der Waals surface area contributed by atoms with Crippen LogP contribution in [0.5, 0.6) is 11.5 Å². The lowest BCUT2D eigenvalue weighted by atomic mass is 10.1. The minimum Gasteiger partial charge on any atom is -0.497 e. The Morgan fingerprint density at radius 1 is 0.964 bits per heavy atom. The third-order valence-electron chi connectivity index (χ3n) is 3.83. The van der Waals surface area contributed by atoms with Crippen LogP contribution in [0.15, 0.2) is 64.2 Å². The molecule has 0 radical (unpaired) electrons. The summed E-state index contributed by atoms with van der Waals surface area (Å²) in [7, 11) is -0.763. The smallest absolute Gasteiger partial charge is 0.271 e. The largest absolute Gasteiger partial charge is 0.497 e. The summed E-state index contributed by atoms with van der Waals surface area (Å²) >= 11 is 1.09. The van der Waals surface area contributed by atoms with Gasteiger partial charge in [0.15, 0.2) is 0 Å². The molecule has 3 rings (SSSR count). The molecule has 7 nitrogen and oxygen atoms in total. The zero-order valence-electron chi connectivity index (χ0n) is 15.1. The van der Waals surface area contributed by atoms with Crippen molar-refractivity contribution in [3.63, 3.8) is 0 Å². The molecule has 9 heteroatoms. The van der Waals surface area contributed by atoms with E-state index in [1.54, 1.807) is 41.8 Å². The van der Waals surface area contributed by atoms with Gasteiger partial charge in [-0.15, -0.1) is 11.3 Å². The van der Waals surface area contributed by atoms with E-state index in [4.69, 9.17) is 9.47 Å². The van der Waals surface area contributed by atoms with Crippen molar-refractivity contribution in [1.29, 1.82) is 0 Å². The summed E-state index contributed by atoms with van der Waals surface area (Å²) < 4.78 is 38.1. The summed E-state index contributed by atoms with van der Waals surface area (Å²) in [5, 5.41) is 4.41. The number of rotatable bonds is 7. The Labute approximate surface area is 167 Å². The summed E-state index contributed by atoms with van der Waals surface area (Å²) in [4.78, 5) is 12.8. The number of carbonyl (C=O) groups excluding carboxylic acids is 1. The van der Waals surface area contributed by atoms with Crippen molar-refractivity contribution < 1.29 is 22.7 Å². The second-order valence-electron chi connectivity index (χ2n) is 5.60. The molecule has 2 aromatic carbocycles. The van der Waals surface area contributed by atoms with E-state index in [0.29, 0.717) is 17.2 Å². The van der Waals surface area contributed by atoms with Gasteiger partial charge in [0.05, 0.1) is 31.2 Å². The van der Waals surface area contributed by atoms with Crippen LogP contribution in [0, 0.1) is 0 Å². The fourth-order valence-corrected chi connectivity index (χ4v) is 4.55. The molecule has 0 saturated carbocycles. The summed E-state index contributed by atoms with van der Waals surface area (Å²) in [6.45, 7) is 0. The number of hydrogen-bond acceptors (Lipinski definition) is 6. The van der Waals surface area contributed by atoms with Gasteiger partial charge in [-0.1, -0.05) is 18.2 Å². The maximum absolute atomic E-state index is 12.8. The van der Waals surface area contributed by atoms with Crippen molar-refractivity contribution in [3.05, 3.63) is 65.5 Å². The molecule has 28 heavy (non-hydrogen) atoms. The second kappa shape index (κ2) is 8.32. The van der Waals surface area contributed by atoms with Crippen molar-refractivity contribution in [2.75, 3.05) is 24.3 Å². The summed E-state index contributed by atoms with van der Waals surface area (Å²) in [5.41, 5.74) is 0.797. The molecule has 3 aromatic rings. The predicted octanol–water partition coefficient (Wildman–Crippen LogP) is 3.82. The highest BCUT2D eigenvalue weighted by Gasteiger charge is 2.20. The molecular weight excluding hydrogens is 400 g/mol. The number of ether oxygens (including phenoxy) is 2. The first-order chi connectivity index (χ1) is 13.4. The molecule has 0 saturated heterocycles. The number of para-hydroxylation sites is 1. The summed E-state index contributed by atoms with van der Waals surface area (Å²) in [5.74, 6) is 0.524.